The third-order valence-electron chi connectivity index (χ3n) is 1.35. The molecule has 0 aliphatic carbocycles. The van der Waals surface area contributed by atoms with E-state index in [0.717, 1.165) is 4.88 Å². The third-order valence-corrected chi connectivity index (χ3v) is 2.15. The van der Waals surface area contributed by atoms with Gasteiger partial charge < -0.3 is 5.73 Å². The maximum atomic E-state index is 8.61. The number of allylic oxidation sites excluding steroid dienone is 2. The van der Waals surface area contributed by atoms with Crippen molar-refractivity contribution in [3.8, 4) is 12.1 Å². The Morgan fingerprint density at radius 1 is 1.50 bits per heavy atom. The topological polar surface area (TPSA) is 86.0 Å². The van der Waals surface area contributed by atoms with Gasteiger partial charge in [0.1, 0.15) is 17.8 Å². The summed E-state index contributed by atoms with van der Waals surface area (Å²) in [6.45, 7) is 0. The summed E-state index contributed by atoms with van der Waals surface area (Å²) in [6, 6.07) is 7.15. The van der Waals surface area contributed by atoms with Crippen LogP contribution in [0, 0.1) is 22.7 Å². The van der Waals surface area contributed by atoms with Crippen molar-refractivity contribution in [3.63, 3.8) is 0 Å². The smallest absolute Gasteiger partial charge is 0.174 e. The van der Waals surface area contributed by atoms with E-state index in [2.05, 4.69) is 4.99 Å². The second-order valence-electron chi connectivity index (χ2n) is 2.26. The summed E-state index contributed by atoms with van der Waals surface area (Å²) < 4.78 is 0. The molecule has 2 N–H and O–H groups in total. The number of thiophene rings is 1. The average molecular weight is 202 g/mol. The first-order chi connectivity index (χ1) is 6.77. The molecule has 0 spiro atoms. The number of nitrogens with two attached hydrogens (primary N) is 1. The minimum absolute atomic E-state index is 0.0547. The number of nitriles is 2. The number of rotatable bonds is 2. The molecule has 0 saturated carbocycles. The molecule has 5 heteroatoms. The van der Waals surface area contributed by atoms with E-state index in [1.807, 2.05) is 17.5 Å². The van der Waals surface area contributed by atoms with Crippen molar-refractivity contribution in [2.75, 3.05) is 0 Å². The summed E-state index contributed by atoms with van der Waals surface area (Å²) >= 11 is 1.49. The van der Waals surface area contributed by atoms with Crippen LogP contribution in [-0.4, -0.2) is 6.21 Å². The molecule has 0 unspecified atom stereocenters. The van der Waals surface area contributed by atoms with Crippen molar-refractivity contribution in [3.05, 3.63) is 33.8 Å². The molecule has 0 amide bonds. The van der Waals surface area contributed by atoms with E-state index in [9.17, 15) is 0 Å². The standard InChI is InChI=1S/C9H6N4S/c10-4-8(12)9(5-11)13-6-7-2-1-3-14-7/h1-3,6H,12H2/b9-8-,13-6?. The molecule has 1 aromatic heterocycles. The molecule has 0 saturated heterocycles. The Morgan fingerprint density at radius 2 is 2.29 bits per heavy atom. The van der Waals surface area contributed by atoms with Crippen LogP contribution in [0.25, 0.3) is 0 Å². The van der Waals surface area contributed by atoms with Crippen LogP contribution in [0.4, 0.5) is 0 Å². The van der Waals surface area contributed by atoms with Gasteiger partial charge in [-0.2, -0.15) is 10.5 Å². The van der Waals surface area contributed by atoms with E-state index in [1.165, 1.54) is 17.6 Å². The lowest BCUT2D eigenvalue weighted by atomic mass is 10.4. The minimum Gasteiger partial charge on any atom is -0.388 e. The second-order valence-corrected chi connectivity index (χ2v) is 3.24. The normalized spacial score (nSPS) is 11.9. The van der Waals surface area contributed by atoms with E-state index in [-0.39, 0.29) is 11.4 Å². The minimum atomic E-state index is -0.166. The van der Waals surface area contributed by atoms with Crippen molar-refractivity contribution < 1.29 is 0 Å². The van der Waals surface area contributed by atoms with Crippen molar-refractivity contribution in [1.29, 1.82) is 10.5 Å². The lowest BCUT2D eigenvalue weighted by Crippen LogP contribution is -1.97. The molecule has 0 aromatic carbocycles. The van der Waals surface area contributed by atoms with Crippen LogP contribution in [0.3, 0.4) is 0 Å². The van der Waals surface area contributed by atoms with Crippen molar-refractivity contribution in [1.82, 2.24) is 0 Å². The van der Waals surface area contributed by atoms with Crippen LogP contribution in [0.15, 0.2) is 33.9 Å². The summed E-state index contributed by atoms with van der Waals surface area (Å²) in [5.41, 5.74) is 5.03. The van der Waals surface area contributed by atoms with Gasteiger partial charge in [-0.15, -0.1) is 11.3 Å². The monoisotopic (exact) mass is 202 g/mol. The number of aliphatic imine (C=N–C) groups is 1. The predicted molar refractivity (Wildman–Crippen MR) is 54.4 cm³/mol. The molecule has 0 radical (unpaired) electrons. The summed E-state index contributed by atoms with van der Waals surface area (Å²) in [5, 5.41) is 18.9. The van der Waals surface area contributed by atoms with Crippen molar-refractivity contribution >= 4 is 17.6 Å². The molecule has 0 atom stereocenters. The third kappa shape index (κ3) is 2.44. The molecule has 14 heavy (non-hydrogen) atoms. The van der Waals surface area contributed by atoms with Gasteiger partial charge in [0, 0.05) is 11.1 Å². The van der Waals surface area contributed by atoms with Crippen LogP contribution in [0.1, 0.15) is 4.88 Å². The average Bonchev–Trinajstić information content (AvgIpc) is 2.71. The first-order valence-corrected chi connectivity index (χ1v) is 4.53. The van der Waals surface area contributed by atoms with Gasteiger partial charge in [-0.3, -0.25) is 0 Å². The van der Waals surface area contributed by atoms with Crippen LogP contribution >= 0.6 is 11.3 Å². The van der Waals surface area contributed by atoms with Crippen LogP contribution in [-0.2, 0) is 0 Å². The van der Waals surface area contributed by atoms with E-state index in [4.69, 9.17) is 16.3 Å². The molecule has 0 aliphatic rings. The lowest BCUT2D eigenvalue weighted by molar-refractivity contribution is 1.27. The van der Waals surface area contributed by atoms with Gasteiger partial charge in [0.2, 0.25) is 0 Å². The fourth-order valence-corrected chi connectivity index (χ4v) is 1.29. The fourth-order valence-electron chi connectivity index (χ4n) is 0.704. The zero-order valence-electron chi connectivity index (χ0n) is 7.14. The van der Waals surface area contributed by atoms with Gasteiger partial charge in [0.15, 0.2) is 5.70 Å². The van der Waals surface area contributed by atoms with E-state index in [1.54, 1.807) is 12.1 Å². The molecule has 1 aromatic rings. The number of hydrogen-bond donors (Lipinski definition) is 1. The van der Waals surface area contributed by atoms with Gasteiger partial charge in [-0.1, -0.05) is 6.07 Å². The highest BCUT2D eigenvalue weighted by Crippen LogP contribution is 2.06. The summed E-state index contributed by atoms with van der Waals surface area (Å²) in [4.78, 5) is 4.72. The molecule has 1 rings (SSSR count). The highest BCUT2D eigenvalue weighted by molar-refractivity contribution is 7.11. The summed E-state index contributed by atoms with van der Waals surface area (Å²) in [5.74, 6) is 0. The summed E-state index contributed by atoms with van der Waals surface area (Å²) in [6.07, 6.45) is 1.51. The molecule has 4 nitrogen and oxygen atoms in total. The number of nitrogens with zero attached hydrogens (tertiary/aromatic N) is 3. The molecular formula is C9H6N4S. The quantitative estimate of drug-likeness (QED) is 0.580. The highest BCUT2D eigenvalue weighted by Gasteiger charge is 1.98. The number of hydrogen-bond acceptors (Lipinski definition) is 5. The van der Waals surface area contributed by atoms with Crippen molar-refractivity contribution in [2.45, 2.75) is 0 Å². The second kappa shape index (κ2) is 4.80. The molecule has 0 aliphatic heterocycles. The lowest BCUT2D eigenvalue weighted by Gasteiger charge is -1.88. The van der Waals surface area contributed by atoms with E-state index in [0.29, 0.717) is 0 Å². The Kier molecular flexibility index (Phi) is 3.42. The Hall–Kier alpha value is -2.11. The van der Waals surface area contributed by atoms with Gasteiger partial charge in [0.25, 0.3) is 0 Å². The Labute approximate surface area is 85.2 Å². The van der Waals surface area contributed by atoms with E-state index < -0.39 is 0 Å². The fraction of sp³-hybridized carbons (Fsp3) is 0. The maximum absolute atomic E-state index is 8.61. The first-order valence-electron chi connectivity index (χ1n) is 3.65. The Bertz CT molecular complexity index is 442. The first kappa shape index (κ1) is 9.97. The molecule has 1 heterocycles. The summed E-state index contributed by atoms with van der Waals surface area (Å²) in [7, 11) is 0. The van der Waals surface area contributed by atoms with Gasteiger partial charge in [-0.25, -0.2) is 4.99 Å². The van der Waals surface area contributed by atoms with Gasteiger partial charge in [0.05, 0.1) is 0 Å². The maximum Gasteiger partial charge on any atom is 0.174 e. The van der Waals surface area contributed by atoms with Crippen molar-refractivity contribution in [2.24, 2.45) is 10.7 Å². The predicted octanol–water partition coefficient (Wildman–Crippen LogP) is 1.38. The molecule has 0 bridgehead atoms. The molecule has 68 valence electrons. The Balaban J connectivity index is 2.89. The SMILES string of the molecule is N#C/C(N)=C(\C#N)N=Cc1cccs1. The molecule has 0 fully saturated rings. The van der Waals surface area contributed by atoms with Crippen LogP contribution < -0.4 is 5.73 Å². The zero-order valence-corrected chi connectivity index (χ0v) is 7.95. The van der Waals surface area contributed by atoms with Crippen LogP contribution in [0.5, 0.6) is 0 Å². The van der Waals surface area contributed by atoms with Crippen LogP contribution in [0.2, 0.25) is 0 Å². The highest BCUT2D eigenvalue weighted by atomic mass is 32.1. The molecular weight excluding hydrogens is 196 g/mol. The zero-order chi connectivity index (χ0) is 10.4. The van der Waals surface area contributed by atoms with E-state index >= 15 is 0 Å². The largest absolute Gasteiger partial charge is 0.388 e. The Morgan fingerprint density at radius 3 is 2.79 bits per heavy atom. The van der Waals surface area contributed by atoms with Gasteiger partial charge >= 0.3 is 0 Å². The van der Waals surface area contributed by atoms with Gasteiger partial charge in [-0.05, 0) is 11.4 Å².